The molecule has 136 valence electrons. The molecule has 3 N–H and O–H groups in total. The van der Waals surface area contributed by atoms with Crippen molar-refractivity contribution >= 4 is 16.8 Å². The van der Waals surface area contributed by atoms with Gasteiger partial charge in [-0.1, -0.05) is 18.2 Å². The summed E-state index contributed by atoms with van der Waals surface area (Å²) in [6.07, 6.45) is 3.75. The summed E-state index contributed by atoms with van der Waals surface area (Å²) in [6, 6.07) is 6.24. The van der Waals surface area contributed by atoms with Crippen LogP contribution < -0.4 is 11.0 Å². The van der Waals surface area contributed by atoms with Crippen LogP contribution in [0.1, 0.15) is 34.5 Å². The molecule has 0 saturated carbocycles. The molecule has 26 heavy (non-hydrogen) atoms. The Morgan fingerprint density at radius 1 is 1.19 bits per heavy atom. The number of aromatic nitrogens is 3. The highest BCUT2D eigenvalue weighted by Gasteiger charge is 2.10. The lowest BCUT2D eigenvalue weighted by molar-refractivity contribution is -0.121. The zero-order valence-electron chi connectivity index (χ0n) is 15.4. The fourth-order valence-electron chi connectivity index (χ4n) is 3.36. The number of hydrogen-bond acceptors (Lipinski definition) is 3. The zero-order valence-corrected chi connectivity index (χ0v) is 15.4. The van der Waals surface area contributed by atoms with Crippen molar-refractivity contribution in [2.45, 2.75) is 40.0 Å². The number of para-hydroxylation sites is 1. The number of aryl methyl sites for hydroxylation is 3. The minimum atomic E-state index is -0.345. The van der Waals surface area contributed by atoms with Crippen molar-refractivity contribution in [3.63, 3.8) is 0 Å². The summed E-state index contributed by atoms with van der Waals surface area (Å²) < 4.78 is 0. The van der Waals surface area contributed by atoms with E-state index in [0.717, 1.165) is 23.2 Å². The van der Waals surface area contributed by atoms with Crippen molar-refractivity contribution < 1.29 is 4.79 Å². The molecule has 0 bridgehead atoms. The largest absolute Gasteiger partial charge is 0.361 e. The number of carbonyl (C=O) groups excluding carboxylic acids is 1. The predicted octanol–water partition coefficient (Wildman–Crippen LogP) is 2.47. The van der Waals surface area contributed by atoms with Crippen molar-refractivity contribution in [1.82, 2.24) is 20.3 Å². The quantitative estimate of drug-likeness (QED) is 0.636. The number of nitrogens with one attached hydrogen (secondary N) is 3. The third-order valence-corrected chi connectivity index (χ3v) is 4.78. The van der Waals surface area contributed by atoms with Gasteiger partial charge in [0, 0.05) is 41.5 Å². The van der Waals surface area contributed by atoms with Gasteiger partial charge < -0.3 is 15.3 Å². The molecule has 6 heteroatoms. The first kappa shape index (κ1) is 17.9. The van der Waals surface area contributed by atoms with Gasteiger partial charge in [-0.2, -0.15) is 4.98 Å². The molecule has 0 atom stereocenters. The first-order valence-electron chi connectivity index (χ1n) is 8.84. The molecule has 0 unspecified atom stereocenters. The van der Waals surface area contributed by atoms with Gasteiger partial charge in [-0.3, -0.25) is 4.79 Å². The molecule has 0 fully saturated rings. The lowest BCUT2D eigenvalue weighted by Gasteiger charge is -2.09. The average Bonchev–Trinajstić information content (AvgIpc) is 2.98. The van der Waals surface area contributed by atoms with Gasteiger partial charge in [0.2, 0.25) is 5.91 Å². The molecule has 0 radical (unpaired) electrons. The Morgan fingerprint density at radius 3 is 2.77 bits per heavy atom. The van der Waals surface area contributed by atoms with Crippen molar-refractivity contribution in [3.05, 3.63) is 63.0 Å². The molecule has 0 aliphatic rings. The highest BCUT2D eigenvalue weighted by atomic mass is 16.1. The first-order valence-corrected chi connectivity index (χ1v) is 8.84. The summed E-state index contributed by atoms with van der Waals surface area (Å²) in [7, 11) is 0. The van der Waals surface area contributed by atoms with Crippen LogP contribution in [-0.4, -0.2) is 27.4 Å². The van der Waals surface area contributed by atoms with Gasteiger partial charge >= 0.3 is 5.69 Å². The van der Waals surface area contributed by atoms with Crippen molar-refractivity contribution in [2.75, 3.05) is 6.54 Å². The molecule has 2 heterocycles. The van der Waals surface area contributed by atoms with Crippen molar-refractivity contribution in [2.24, 2.45) is 0 Å². The molecule has 1 aromatic carbocycles. The summed E-state index contributed by atoms with van der Waals surface area (Å²) in [4.78, 5) is 33.4. The van der Waals surface area contributed by atoms with E-state index in [4.69, 9.17) is 0 Å². The van der Waals surface area contributed by atoms with Crippen LogP contribution in [0.15, 0.2) is 29.2 Å². The van der Waals surface area contributed by atoms with E-state index in [-0.39, 0.29) is 11.6 Å². The Labute approximate surface area is 152 Å². The van der Waals surface area contributed by atoms with Crippen LogP contribution in [0.4, 0.5) is 0 Å². The first-order chi connectivity index (χ1) is 12.5. The van der Waals surface area contributed by atoms with Gasteiger partial charge in [-0.15, -0.1) is 0 Å². The number of nitrogens with zero attached hydrogens (tertiary/aromatic N) is 1. The van der Waals surface area contributed by atoms with Gasteiger partial charge in [0.05, 0.1) is 0 Å². The molecular weight excluding hydrogens is 328 g/mol. The maximum Gasteiger partial charge on any atom is 0.345 e. The molecule has 0 saturated heterocycles. The number of rotatable bonds is 6. The van der Waals surface area contributed by atoms with Crippen LogP contribution >= 0.6 is 0 Å². The number of benzene rings is 1. The van der Waals surface area contributed by atoms with Gasteiger partial charge in [0.1, 0.15) is 0 Å². The SMILES string of the molecule is Cc1nc(=O)[nH]c(C)c1CCC(=O)NCCc1c[nH]c2c(C)cccc12. The van der Waals surface area contributed by atoms with E-state index >= 15 is 0 Å². The Kier molecular flexibility index (Phi) is 5.21. The fraction of sp³-hybridized carbons (Fsp3) is 0.350. The smallest absolute Gasteiger partial charge is 0.345 e. The predicted molar refractivity (Wildman–Crippen MR) is 102 cm³/mol. The normalized spacial score (nSPS) is 11.0. The Morgan fingerprint density at radius 2 is 2.00 bits per heavy atom. The van der Waals surface area contributed by atoms with Crippen LogP contribution in [0.5, 0.6) is 0 Å². The monoisotopic (exact) mass is 352 g/mol. The van der Waals surface area contributed by atoms with E-state index in [1.165, 1.54) is 16.5 Å². The second-order valence-corrected chi connectivity index (χ2v) is 6.64. The number of aromatic amines is 2. The highest BCUT2D eigenvalue weighted by Crippen LogP contribution is 2.21. The van der Waals surface area contributed by atoms with Crippen LogP contribution in [0, 0.1) is 20.8 Å². The van der Waals surface area contributed by atoms with Crippen LogP contribution in [0.3, 0.4) is 0 Å². The van der Waals surface area contributed by atoms with Gasteiger partial charge in [0.15, 0.2) is 0 Å². The summed E-state index contributed by atoms with van der Waals surface area (Å²) in [6.45, 7) is 6.32. The van der Waals surface area contributed by atoms with E-state index in [9.17, 15) is 9.59 Å². The number of fused-ring (bicyclic) bond motifs is 1. The van der Waals surface area contributed by atoms with Gasteiger partial charge in [0.25, 0.3) is 0 Å². The van der Waals surface area contributed by atoms with Crippen LogP contribution in [0.2, 0.25) is 0 Å². The summed E-state index contributed by atoms with van der Waals surface area (Å²) in [5.41, 5.74) is 5.65. The third kappa shape index (κ3) is 3.85. The van der Waals surface area contributed by atoms with E-state index in [0.29, 0.717) is 25.1 Å². The van der Waals surface area contributed by atoms with Crippen molar-refractivity contribution in [3.8, 4) is 0 Å². The molecule has 3 aromatic rings. The van der Waals surface area contributed by atoms with Gasteiger partial charge in [-0.05, 0) is 50.3 Å². The third-order valence-electron chi connectivity index (χ3n) is 4.78. The Hall–Kier alpha value is -2.89. The van der Waals surface area contributed by atoms with E-state index in [1.54, 1.807) is 6.92 Å². The number of H-pyrrole nitrogens is 2. The second-order valence-electron chi connectivity index (χ2n) is 6.64. The maximum atomic E-state index is 12.1. The highest BCUT2D eigenvalue weighted by molar-refractivity contribution is 5.86. The van der Waals surface area contributed by atoms with Crippen LogP contribution in [-0.2, 0) is 17.6 Å². The van der Waals surface area contributed by atoms with Gasteiger partial charge in [-0.25, -0.2) is 4.79 Å². The second kappa shape index (κ2) is 7.56. The van der Waals surface area contributed by atoms with Crippen LogP contribution in [0.25, 0.3) is 10.9 Å². The Balaban J connectivity index is 1.53. The Bertz CT molecular complexity index is 974. The topological polar surface area (TPSA) is 90.6 Å². The standard InChI is InChI=1S/C20H24N4O2/c1-12-5-4-6-17-15(11-22-19(12)17)9-10-21-18(25)8-7-16-13(2)23-20(26)24-14(16)3/h4-6,11,22H,7-10H2,1-3H3,(H,21,25)(H,23,24,26). The molecule has 0 aliphatic heterocycles. The molecule has 0 spiro atoms. The van der Waals surface area contributed by atoms with E-state index in [1.807, 2.05) is 13.1 Å². The molecule has 0 aliphatic carbocycles. The number of hydrogen-bond donors (Lipinski definition) is 3. The number of carbonyl (C=O) groups is 1. The zero-order chi connectivity index (χ0) is 18.7. The maximum absolute atomic E-state index is 12.1. The molecule has 2 aromatic heterocycles. The minimum absolute atomic E-state index is 0.00558. The average molecular weight is 352 g/mol. The minimum Gasteiger partial charge on any atom is -0.361 e. The lowest BCUT2D eigenvalue weighted by Crippen LogP contribution is -2.26. The van der Waals surface area contributed by atoms with Crippen molar-refractivity contribution in [1.29, 1.82) is 0 Å². The lowest BCUT2D eigenvalue weighted by atomic mass is 10.1. The van der Waals surface area contributed by atoms with E-state index < -0.39 is 0 Å². The summed E-state index contributed by atoms with van der Waals surface area (Å²) in [5, 5.41) is 4.19. The number of amides is 1. The fourth-order valence-corrected chi connectivity index (χ4v) is 3.36. The molecule has 3 rings (SSSR count). The molecular formula is C20H24N4O2. The summed E-state index contributed by atoms with van der Waals surface area (Å²) in [5.74, 6) is 0.00558. The molecule has 6 nitrogen and oxygen atoms in total. The molecule has 1 amide bonds. The summed E-state index contributed by atoms with van der Waals surface area (Å²) >= 11 is 0. The van der Waals surface area contributed by atoms with E-state index in [2.05, 4.69) is 45.4 Å².